The molecule has 176 valence electrons. The van der Waals surface area contributed by atoms with Gasteiger partial charge in [-0.15, -0.1) is 0 Å². The summed E-state index contributed by atoms with van der Waals surface area (Å²) >= 11 is 5.94. The number of aromatic nitrogens is 1. The van der Waals surface area contributed by atoms with Gasteiger partial charge in [-0.1, -0.05) is 29.8 Å². The van der Waals surface area contributed by atoms with E-state index in [9.17, 15) is 9.59 Å². The number of rotatable bonds is 9. The summed E-state index contributed by atoms with van der Waals surface area (Å²) < 4.78 is 13.0. The second kappa shape index (κ2) is 10.6. The molecule has 1 amide bonds. The van der Waals surface area contributed by atoms with Gasteiger partial charge in [-0.2, -0.15) is 0 Å². The number of hydrogen-bond donors (Lipinski definition) is 1. The third kappa shape index (κ3) is 5.34. The zero-order chi connectivity index (χ0) is 24.1. The Kier molecular flexibility index (Phi) is 7.38. The summed E-state index contributed by atoms with van der Waals surface area (Å²) in [7, 11) is 0. The third-order valence-corrected chi connectivity index (χ3v) is 5.89. The van der Waals surface area contributed by atoms with Crippen LogP contribution in [0.4, 0.5) is 5.69 Å². The monoisotopic (exact) mass is 478 g/mol. The summed E-state index contributed by atoms with van der Waals surface area (Å²) in [6.07, 6.45) is 0.656. The molecule has 1 N–H and O–H groups in total. The Morgan fingerprint density at radius 3 is 2.59 bits per heavy atom. The number of amides is 1. The highest BCUT2D eigenvalue weighted by Gasteiger charge is 2.12. The minimum atomic E-state index is -0.437. The number of halogens is 1. The highest BCUT2D eigenvalue weighted by atomic mass is 35.5. The number of ether oxygens (including phenoxy) is 2. The van der Waals surface area contributed by atoms with Crippen LogP contribution in [0, 0.1) is 6.92 Å². The largest absolute Gasteiger partial charge is 0.493 e. The summed E-state index contributed by atoms with van der Waals surface area (Å²) in [5.41, 5.74) is 3.88. The number of carbonyl (C=O) groups excluding carboxylic acids is 2. The van der Waals surface area contributed by atoms with Crippen molar-refractivity contribution in [2.24, 2.45) is 0 Å². The summed E-state index contributed by atoms with van der Waals surface area (Å²) in [6, 6.07) is 19.4. The maximum Gasteiger partial charge on any atom is 0.306 e. The van der Waals surface area contributed by atoms with Crippen molar-refractivity contribution >= 4 is 51.0 Å². The molecule has 0 radical (unpaired) electrons. The Hall–Kier alpha value is -3.51. The van der Waals surface area contributed by atoms with Gasteiger partial charge in [0.05, 0.1) is 6.61 Å². The Labute approximate surface area is 203 Å². The smallest absolute Gasteiger partial charge is 0.306 e. The van der Waals surface area contributed by atoms with Gasteiger partial charge < -0.3 is 19.4 Å². The number of para-hydroxylation sites is 1. The first-order valence-electron chi connectivity index (χ1n) is 11.3. The molecule has 1 heterocycles. The van der Waals surface area contributed by atoms with Crippen LogP contribution in [0.25, 0.3) is 21.8 Å². The van der Waals surface area contributed by atoms with Crippen molar-refractivity contribution in [2.45, 2.75) is 33.2 Å². The summed E-state index contributed by atoms with van der Waals surface area (Å²) in [5.74, 6) is -0.0795. The lowest BCUT2D eigenvalue weighted by molar-refractivity contribution is -0.147. The van der Waals surface area contributed by atoms with Crippen molar-refractivity contribution in [3.8, 4) is 5.75 Å². The Balaban J connectivity index is 1.26. The first-order chi connectivity index (χ1) is 16.5. The highest BCUT2D eigenvalue weighted by Crippen LogP contribution is 2.31. The molecular weight excluding hydrogens is 452 g/mol. The average molecular weight is 479 g/mol. The molecule has 4 aromatic rings. The zero-order valence-corrected chi connectivity index (χ0v) is 20.0. The fourth-order valence-corrected chi connectivity index (χ4v) is 4.29. The lowest BCUT2D eigenvalue weighted by Crippen LogP contribution is -2.21. The first kappa shape index (κ1) is 23.6. The number of aryl methyl sites for hydroxylation is 2. The maximum atomic E-state index is 12.3. The van der Waals surface area contributed by atoms with Gasteiger partial charge in [0, 0.05) is 45.5 Å². The molecule has 0 saturated carbocycles. The standard InChI is InChI=1S/C27H27ClN2O4/c1-3-30-23-8-5-4-7-21(23)22-16-20(11-12-24(22)30)29-26(31)17-34-27(32)9-6-14-33-25-13-10-19(28)15-18(25)2/h4-5,7-8,10-13,15-16H,3,6,9,14,17H2,1-2H3,(H,29,31). The van der Waals surface area contributed by atoms with Crippen molar-refractivity contribution in [2.75, 3.05) is 18.5 Å². The van der Waals surface area contributed by atoms with Crippen LogP contribution >= 0.6 is 11.6 Å². The summed E-state index contributed by atoms with van der Waals surface area (Å²) in [6.45, 7) is 4.92. The van der Waals surface area contributed by atoms with E-state index in [0.29, 0.717) is 23.7 Å². The van der Waals surface area contributed by atoms with E-state index in [1.807, 2.05) is 43.3 Å². The number of fused-ring (bicyclic) bond motifs is 3. The fraction of sp³-hybridized carbons (Fsp3) is 0.259. The van der Waals surface area contributed by atoms with Gasteiger partial charge in [-0.05, 0) is 68.3 Å². The predicted molar refractivity (Wildman–Crippen MR) is 136 cm³/mol. The summed E-state index contributed by atoms with van der Waals surface area (Å²) in [5, 5.41) is 5.68. The lowest BCUT2D eigenvalue weighted by atomic mass is 10.1. The van der Waals surface area contributed by atoms with Gasteiger partial charge in [0.2, 0.25) is 0 Å². The number of benzene rings is 3. The van der Waals surface area contributed by atoms with Crippen LogP contribution in [0.3, 0.4) is 0 Å². The molecule has 0 aliphatic rings. The van der Waals surface area contributed by atoms with E-state index in [-0.39, 0.29) is 18.9 Å². The van der Waals surface area contributed by atoms with Crippen molar-refractivity contribution < 1.29 is 19.1 Å². The van der Waals surface area contributed by atoms with Crippen LogP contribution in [-0.2, 0) is 20.9 Å². The molecule has 0 saturated heterocycles. The molecular formula is C27H27ClN2O4. The molecule has 0 fully saturated rings. The Bertz CT molecular complexity index is 1350. The van der Waals surface area contributed by atoms with Gasteiger partial charge >= 0.3 is 5.97 Å². The Morgan fingerprint density at radius 1 is 1.00 bits per heavy atom. The van der Waals surface area contributed by atoms with E-state index in [0.717, 1.165) is 39.7 Å². The molecule has 0 aliphatic heterocycles. The molecule has 0 atom stereocenters. The number of esters is 1. The van der Waals surface area contributed by atoms with Crippen molar-refractivity contribution in [3.05, 3.63) is 71.2 Å². The van der Waals surface area contributed by atoms with Crippen LogP contribution in [-0.4, -0.2) is 29.7 Å². The van der Waals surface area contributed by atoms with Gasteiger partial charge in [-0.25, -0.2) is 0 Å². The molecule has 0 bridgehead atoms. The molecule has 0 spiro atoms. The lowest BCUT2D eigenvalue weighted by Gasteiger charge is -2.10. The van der Waals surface area contributed by atoms with Crippen LogP contribution in [0.15, 0.2) is 60.7 Å². The van der Waals surface area contributed by atoms with Gasteiger partial charge in [0.25, 0.3) is 5.91 Å². The second-order valence-corrected chi connectivity index (χ2v) is 8.50. The van der Waals surface area contributed by atoms with Gasteiger partial charge in [0.15, 0.2) is 6.61 Å². The molecule has 1 aromatic heterocycles. The van der Waals surface area contributed by atoms with Crippen molar-refractivity contribution in [3.63, 3.8) is 0 Å². The third-order valence-electron chi connectivity index (χ3n) is 5.66. The van der Waals surface area contributed by atoms with Crippen LogP contribution in [0.1, 0.15) is 25.3 Å². The zero-order valence-electron chi connectivity index (χ0n) is 19.3. The predicted octanol–water partition coefficient (Wildman–Crippen LogP) is 6.12. The Morgan fingerprint density at radius 2 is 1.79 bits per heavy atom. The van der Waals surface area contributed by atoms with E-state index < -0.39 is 5.97 Å². The van der Waals surface area contributed by atoms with E-state index in [1.165, 1.54) is 0 Å². The molecule has 4 rings (SSSR count). The molecule has 0 aliphatic carbocycles. The van der Waals surface area contributed by atoms with Crippen LogP contribution in [0.5, 0.6) is 5.75 Å². The van der Waals surface area contributed by atoms with Crippen molar-refractivity contribution in [1.29, 1.82) is 0 Å². The second-order valence-electron chi connectivity index (χ2n) is 8.06. The number of carbonyl (C=O) groups is 2. The molecule has 6 nitrogen and oxygen atoms in total. The topological polar surface area (TPSA) is 69.6 Å². The van der Waals surface area contributed by atoms with E-state index in [1.54, 1.807) is 12.1 Å². The quantitative estimate of drug-likeness (QED) is 0.232. The molecule has 0 unspecified atom stereocenters. The maximum absolute atomic E-state index is 12.3. The molecule has 34 heavy (non-hydrogen) atoms. The average Bonchev–Trinajstić information content (AvgIpc) is 3.14. The molecule has 7 heteroatoms. The van der Waals surface area contributed by atoms with Crippen LogP contribution in [0.2, 0.25) is 5.02 Å². The van der Waals surface area contributed by atoms with E-state index in [2.05, 4.69) is 28.9 Å². The SMILES string of the molecule is CCn1c2ccccc2c2cc(NC(=O)COC(=O)CCCOc3ccc(Cl)cc3C)ccc21. The fourth-order valence-electron chi connectivity index (χ4n) is 4.06. The number of hydrogen-bond acceptors (Lipinski definition) is 4. The highest BCUT2D eigenvalue weighted by molar-refractivity contribution is 6.30. The number of nitrogens with one attached hydrogen (secondary N) is 1. The van der Waals surface area contributed by atoms with Gasteiger partial charge in [0.1, 0.15) is 5.75 Å². The van der Waals surface area contributed by atoms with Gasteiger partial charge in [-0.3, -0.25) is 9.59 Å². The van der Waals surface area contributed by atoms with Crippen molar-refractivity contribution in [1.82, 2.24) is 4.57 Å². The van der Waals surface area contributed by atoms with E-state index >= 15 is 0 Å². The van der Waals surface area contributed by atoms with E-state index in [4.69, 9.17) is 21.1 Å². The normalized spacial score (nSPS) is 11.0. The minimum absolute atomic E-state index is 0.169. The summed E-state index contributed by atoms with van der Waals surface area (Å²) in [4.78, 5) is 24.3. The number of anilines is 1. The minimum Gasteiger partial charge on any atom is -0.493 e. The first-order valence-corrected chi connectivity index (χ1v) is 11.7. The van der Waals surface area contributed by atoms with Crippen LogP contribution < -0.4 is 10.1 Å². The molecule has 3 aromatic carbocycles. The number of nitrogens with zero attached hydrogens (tertiary/aromatic N) is 1.